The fourth-order valence-electron chi connectivity index (χ4n) is 0. The quantitative estimate of drug-likeness (QED) is 0.283. The Balaban J connectivity index is -0.00000000300. The van der Waals surface area contributed by atoms with Gasteiger partial charge in [-0.3, -0.25) is 0 Å². The van der Waals surface area contributed by atoms with E-state index in [9.17, 15) is 0 Å². The van der Waals surface area contributed by atoms with Crippen molar-refractivity contribution in [1.29, 1.82) is 0 Å². The van der Waals surface area contributed by atoms with E-state index in [1.807, 2.05) is 0 Å². The van der Waals surface area contributed by atoms with Gasteiger partial charge in [-0.25, -0.2) is 0 Å². The van der Waals surface area contributed by atoms with Gasteiger partial charge in [-0.2, -0.15) is 0 Å². The first-order valence-electron chi connectivity index (χ1n) is 0.612. The van der Waals surface area contributed by atoms with Crippen molar-refractivity contribution in [3.63, 3.8) is 0 Å². The molecule has 0 saturated heterocycles. The van der Waals surface area contributed by atoms with Crippen LogP contribution in [0.5, 0.6) is 0 Å². The zero-order chi connectivity index (χ0) is 3.58. The van der Waals surface area contributed by atoms with Gasteiger partial charge in [0, 0.05) is 0 Å². The summed E-state index contributed by atoms with van der Waals surface area (Å²) in [6.45, 7) is 0. The van der Waals surface area contributed by atoms with Gasteiger partial charge in [-0.05, 0) is 0 Å². The van der Waals surface area contributed by atoms with E-state index in [-0.39, 0.29) is 94.9 Å². The van der Waals surface area contributed by atoms with Crippen LogP contribution >= 0.6 is 0 Å². The Kier molecular flexibility index (Phi) is 208. The molecule has 0 aliphatic rings. The third-order valence-electron chi connectivity index (χ3n) is 0. The molecule has 48 valence electrons. The molecule has 10 heavy (non-hydrogen) atoms. The monoisotopic (exact) mass is 564 g/mol. The van der Waals surface area contributed by atoms with Crippen molar-refractivity contribution in [3.8, 4) is 0 Å². The summed E-state index contributed by atoms with van der Waals surface area (Å²) in [5, 5.41) is 0. The van der Waals surface area contributed by atoms with E-state index in [4.69, 9.17) is 9.96 Å². The molecule has 0 aromatic carbocycles. The van der Waals surface area contributed by atoms with Crippen LogP contribution in [0.3, 0.4) is 0 Å². The van der Waals surface area contributed by atoms with Crippen LogP contribution in [-0.2, 0) is 74.1 Å². The van der Waals surface area contributed by atoms with Crippen LogP contribution in [0.1, 0.15) is 0 Å². The molecule has 0 aromatic rings. The van der Waals surface area contributed by atoms with Gasteiger partial charge in [-0.15, -0.1) is 0 Å². The Bertz CT molecular complexity index is 36.7. The summed E-state index contributed by atoms with van der Waals surface area (Å²) < 4.78 is 25.8. The van der Waals surface area contributed by atoms with E-state index in [2.05, 4.69) is 0 Å². The zero-order valence-corrected chi connectivity index (χ0v) is 18.6. The summed E-state index contributed by atoms with van der Waals surface area (Å²) in [5.74, 6) is 0. The van der Waals surface area contributed by atoms with E-state index < -0.39 is 20.6 Å². The second-order valence-corrected chi connectivity index (χ2v) is 1.68. The molecule has 0 radical (unpaired) electrons. The molecule has 0 amide bonds. The van der Waals surface area contributed by atoms with Crippen molar-refractivity contribution >= 4 is 44.5 Å². The Morgan fingerprint density at radius 2 is 0.900 bits per heavy atom. The minimum Gasteiger partial charge on any atom is 4.00 e. The first kappa shape index (κ1) is 51.8. The molecule has 0 aromatic heterocycles. The third kappa shape index (κ3) is 120. The summed E-state index contributed by atoms with van der Waals surface area (Å²) in [4.78, 5) is 0. The molecule has 0 aliphatic carbocycles. The van der Waals surface area contributed by atoms with E-state index in [1.54, 1.807) is 0 Å². The van der Waals surface area contributed by atoms with Crippen LogP contribution < -0.4 is 6.89 Å². The number of hydrogen-bond donors (Lipinski definition) is 0. The first-order chi connectivity index (χ1) is 1.73. The molecule has 0 spiro atoms. The van der Waals surface area contributed by atoms with Gasteiger partial charge in [-0.1, -0.05) is 0 Å². The standard InChI is InChI=1S/2Cd.6O.2Sn/q2*+2;;3*-2;2*-1;;+4. The average Bonchev–Trinajstić information content (AvgIpc) is 0.811. The van der Waals surface area contributed by atoms with Gasteiger partial charge < -0.3 is 16.4 Å². The topological polar surface area (TPSA) is 149 Å². The van der Waals surface area contributed by atoms with Crippen molar-refractivity contribution in [2.45, 2.75) is 0 Å². The minimum atomic E-state index is -4.29. The fraction of sp³-hybridized carbons (Fsp3) is 0. The Morgan fingerprint density at radius 3 is 0.900 bits per heavy atom. The smallest absolute Gasteiger partial charge is 4.00 e. The molecular weight excluding hydrogens is 558 g/mol. The van der Waals surface area contributed by atoms with Gasteiger partial charge in [0.1, 0.15) is 0 Å². The molecule has 0 heterocycles. The van der Waals surface area contributed by atoms with E-state index in [0.717, 1.165) is 0 Å². The molecule has 0 N–H and O–H groups in total. The third-order valence-corrected chi connectivity index (χ3v) is 0. The fourth-order valence-corrected chi connectivity index (χ4v) is 0. The summed E-state index contributed by atoms with van der Waals surface area (Å²) in [6.07, 6.45) is 0. The van der Waals surface area contributed by atoms with E-state index in [1.165, 1.54) is 0 Å². The van der Waals surface area contributed by atoms with Crippen LogP contribution in [-0.4, -0.2) is 44.5 Å². The maximum Gasteiger partial charge on any atom is 4.00 e. The Hall–Kier alpha value is 3.04. The van der Waals surface area contributed by atoms with Crippen molar-refractivity contribution in [2.75, 3.05) is 0 Å². The van der Waals surface area contributed by atoms with Gasteiger partial charge in [0.2, 0.25) is 0 Å². The van der Waals surface area contributed by atoms with Gasteiger partial charge in [0.15, 0.2) is 0 Å². The molecule has 0 aliphatic heterocycles. The second-order valence-electron chi connectivity index (χ2n) is 0.250. The molecule has 0 fully saturated rings. The maximum atomic E-state index is 8.61. The SMILES string of the molecule is [Cd+2].[Cd+2].[O-2].[O-2].[O-2].[O]=[Sn]([O-])[O-].[Sn+4]. The van der Waals surface area contributed by atoms with Crippen molar-refractivity contribution in [2.24, 2.45) is 0 Å². The van der Waals surface area contributed by atoms with Crippen LogP contribution in [0.15, 0.2) is 0 Å². The summed E-state index contributed by atoms with van der Waals surface area (Å²) >= 11 is -4.29. The summed E-state index contributed by atoms with van der Waals surface area (Å²) in [6, 6.07) is 0. The Morgan fingerprint density at radius 1 is 0.900 bits per heavy atom. The molecule has 0 bridgehead atoms. The number of rotatable bonds is 0. The predicted octanol–water partition coefficient (Wildman–Crippen LogP) is -3.62. The van der Waals surface area contributed by atoms with E-state index >= 15 is 0 Å². The molecule has 10 heteroatoms. The normalized spacial score (nSPS) is 2.60. The van der Waals surface area contributed by atoms with Crippen molar-refractivity contribution in [3.05, 3.63) is 0 Å². The maximum absolute atomic E-state index is 8.61. The summed E-state index contributed by atoms with van der Waals surface area (Å²) in [7, 11) is 0. The zero-order valence-electron chi connectivity index (χ0n) is 4.86. The van der Waals surface area contributed by atoms with E-state index in [0.29, 0.717) is 0 Å². The Labute approximate surface area is 123 Å². The molecule has 0 atom stereocenters. The predicted molar refractivity (Wildman–Crippen MR) is 14.3 cm³/mol. The van der Waals surface area contributed by atoms with Crippen LogP contribution in [0, 0.1) is 0 Å². The first-order valence-corrected chi connectivity index (χ1v) is 4.11. The largest absolute Gasteiger partial charge is 4.00 e. The molecule has 0 unspecified atom stereocenters. The van der Waals surface area contributed by atoms with Crippen molar-refractivity contribution in [1.82, 2.24) is 0 Å². The van der Waals surface area contributed by atoms with Crippen LogP contribution in [0.4, 0.5) is 0 Å². The molecule has 0 saturated carbocycles. The minimum absolute atomic E-state index is 0. The number of hydrogen-bond acceptors (Lipinski definition) is 3. The molecule has 6 nitrogen and oxygen atoms in total. The summed E-state index contributed by atoms with van der Waals surface area (Å²) in [5.41, 5.74) is 0. The molecular formula is Cd2O6Sn2. The van der Waals surface area contributed by atoms with Gasteiger partial charge in [0.05, 0.1) is 0 Å². The molecule has 0 rings (SSSR count). The average molecular weight is 558 g/mol. The van der Waals surface area contributed by atoms with Gasteiger partial charge >= 0.3 is 109 Å². The van der Waals surface area contributed by atoms with Crippen LogP contribution in [0.2, 0.25) is 0 Å². The second kappa shape index (κ2) is 40.2. The van der Waals surface area contributed by atoms with Gasteiger partial charge in [0.25, 0.3) is 0 Å². The van der Waals surface area contributed by atoms with Crippen LogP contribution in [0.25, 0.3) is 0 Å². The van der Waals surface area contributed by atoms with Crippen molar-refractivity contribution < 1.29 is 81.0 Å².